The van der Waals surface area contributed by atoms with Gasteiger partial charge in [0.05, 0.1) is 11.0 Å². The van der Waals surface area contributed by atoms with Crippen LogP contribution < -0.4 is 16.4 Å². The van der Waals surface area contributed by atoms with Crippen molar-refractivity contribution in [2.75, 3.05) is 6.54 Å². The quantitative estimate of drug-likeness (QED) is 0.628. The Morgan fingerprint density at radius 3 is 2.68 bits per heavy atom. The van der Waals surface area contributed by atoms with Crippen LogP contribution in [0.2, 0.25) is 0 Å². The second-order valence-corrected chi connectivity index (χ2v) is 5.20. The summed E-state index contributed by atoms with van der Waals surface area (Å²) in [5, 5.41) is 2.85. The number of aromatic amines is 1. The smallest absolute Gasteiger partial charge is 0.316 e. The van der Waals surface area contributed by atoms with Crippen LogP contribution in [0, 0.1) is 0 Å². The largest absolute Gasteiger partial charge is 0.352 e. The molecular weight excluding hydrogens is 282 g/mol. The molecule has 118 valence electrons. The van der Waals surface area contributed by atoms with E-state index < -0.39 is 11.1 Å². The highest BCUT2D eigenvalue weighted by atomic mass is 16.2. The molecule has 6 nitrogen and oxygen atoms in total. The molecular formula is C16H21N3O3. The maximum absolute atomic E-state index is 12.1. The standard InChI is InChI=1S/C16H21N3O3/c1-3-5-6-9-17-14(20)11-7-8-13-12(10-11)18-15(21)16(22)19(13)4-2/h7-8,10H,3-6,9H2,1-2H3,(H,17,20)(H,18,21). The number of nitrogens with one attached hydrogen (secondary N) is 2. The number of carbonyl (C=O) groups is 1. The molecule has 0 aliphatic heterocycles. The third-order valence-corrected chi connectivity index (χ3v) is 3.62. The Bertz CT molecular complexity index is 789. The molecule has 0 radical (unpaired) electrons. The average Bonchev–Trinajstić information content (AvgIpc) is 2.52. The number of rotatable bonds is 6. The van der Waals surface area contributed by atoms with E-state index in [1.807, 2.05) is 0 Å². The van der Waals surface area contributed by atoms with Crippen LogP contribution in [-0.4, -0.2) is 22.0 Å². The number of fused-ring (bicyclic) bond motifs is 1. The molecule has 1 amide bonds. The third-order valence-electron chi connectivity index (χ3n) is 3.62. The number of aryl methyl sites for hydroxylation is 1. The molecule has 0 aliphatic carbocycles. The molecule has 0 fully saturated rings. The molecule has 0 saturated carbocycles. The molecule has 0 saturated heterocycles. The molecule has 2 N–H and O–H groups in total. The Morgan fingerprint density at radius 1 is 1.23 bits per heavy atom. The van der Waals surface area contributed by atoms with E-state index >= 15 is 0 Å². The summed E-state index contributed by atoms with van der Waals surface area (Å²) >= 11 is 0. The second kappa shape index (κ2) is 7.06. The summed E-state index contributed by atoms with van der Waals surface area (Å²) in [6.45, 7) is 4.95. The minimum Gasteiger partial charge on any atom is -0.352 e. The minimum atomic E-state index is -0.671. The number of benzene rings is 1. The first-order valence-electron chi connectivity index (χ1n) is 7.63. The lowest BCUT2D eigenvalue weighted by molar-refractivity contribution is 0.0953. The van der Waals surface area contributed by atoms with Crippen LogP contribution in [-0.2, 0) is 6.54 Å². The summed E-state index contributed by atoms with van der Waals surface area (Å²) < 4.78 is 1.40. The fourth-order valence-electron chi connectivity index (χ4n) is 2.41. The summed E-state index contributed by atoms with van der Waals surface area (Å²) in [7, 11) is 0. The van der Waals surface area contributed by atoms with Gasteiger partial charge in [0.15, 0.2) is 0 Å². The number of H-pyrrole nitrogens is 1. The van der Waals surface area contributed by atoms with Gasteiger partial charge in [-0.25, -0.2) is 0 Å². The molecule has 1 aromatic heterocycles. The van der Waals surface area contributed by atoms with Crippen molar-refractivity contribution in [3.63, 3.8) is 0 Å². The van der Waals surface area contributed by atoms with Crippen LogP contribution in [0.15, 0.2) is 27.8 Å². The molecule has 0 spiro atoms. The van der Waals surface area contributed by atoms with Crippen molar-refractivity contribution in [1.82, 2.24) is 14.9 Å². The first-order valence-corrected chi connectivity index (χ1v) is 7.63. The van der Waals surface area contributed by atoms with Crippen LogP contribution in [0.4, 0.5) is 0 Å². The predicted octanol–water partition coefficient (Wildman–Crippen LogP) is 1.63. The normalized spacial score (nSPS) is 10.8. The molecule has 0 unspecified atom stereocenters. The number of unbranched alkanes of at least 4 members (excludes halogenated alkanes) is 2. The zero-order valence-corrected chi connectivity index (χ0v) is 12.9. The van der Waals surface area contributed by atoms with Gasteiger partial charge in [0, 0.05) is 18.7 Å². The first-order chi connectivity index (χ1) is 10.6. The fraction of sp³-hybridized carbons (Fsp3) is 0.438. The van der Waals surface area contributed by atoms with E-state index in [0.29, 0.717) is 29.7 Å². The van der Waals surface area contributed by atoms with E-state index in [2.05, 4.69) is 17.2 Å². The topological polar surface area (TPSA) is 84.0 Å². The summed E-state index contributed by atoms with van der Waals surface area (Å²) in [6, 6.07) is 4.97. The van der Waals surface area contributed by atoms with Crippen LogP contribution in [0.1, 0.15) is 43.5 Å². The highest BCUT2D eigenvalue weighted by Crippen LogP contribution is 2.11. The molecule has 0 atom stereocenters. The zero-order valence-electron chi connectivity index (χ0n) is 12.9. The van der Waals surface area contributed by atoms with Gasteiger partial charge in [-0.2, -0.15) is 0 Å². The monoisotopic (exact) mass is 303 g/mol. The van der Waals surface area contributed by atoms with Crippen molar-refractivity contribution >= 4 is 16.9 Å². The molecule has 0 bridgehead atoms. The number of hydrogen-bond acceptors (Lipinski definition) is 3. The van der Waals surface area contributed by atoms with Crippen LogP contribution in [0.3, 0.4) is 0 Å². The Hall–Kier alpha value is -2.37. The second-order valence-electron chi connectivity index (χ2n) is 5.20. The van der Waals surface area contributed by atoms with E-state index in [1.165, 1.54) is 4.57 Å². The van der Waals surface area contributed by atoms with Gasteiger partial charge in [-0.3, -0.25) is 14.4 Å². The molecule has 0 aliphatic rings. The van der Waals surface area contributed by atoms with Crippen molar-refractivity contribution < 1.29 is 4.79 Å². The van der Waals surface area contributed by atoms with E-state index in [1.54, 1.807) is 25.1 Å². The van der Waals surface area contributed by atoms with Crippen molar-refractivity contribution in [3.05, 3.63) is 44.5 Å². The van der Waals surface area contributed by atoms with Crippen molar-refractivity contribution in [3.8, 4) is 0 Å². The van der Waals surface area contributed by atoms with Gasteiger partial charge in [-0.1, -0.05) is 19.8 Å². The van der Waals surface area contributed by atoms with Gasteiger partial charge in [0.2, 0.25) is 0 Å². The van der Waals surface area contributed by atoms with Gasteiger partial charge < -0.3 is 14.9 Å². The molecule has 1 heterocycles. The van der Waals surface area contributed by atoms with Crippen molar-refractivity contribution in [2.45, 2.75) is 39.7 Å². The SMILES string of the molecule is CCCCCNC(=O)c1ccc2c(c1)[nH]c(=O)c(=O)n2CC. The van der Waals surface area contributed by atoms with Crippen LogP contribution in [0.25, 0.3) is 11.0 Å². The third kappa shape index (κ3) is 3.27. The first kappa shape index (κ1) is 16.0. The highest BCUT2D eigenvalue weighted by molar-refractivity contribution is 5.97. The van der Waals surface area contributed by atoms with Gasteiger partial charge in [0.25, 0.3) is 5.91 Å². The molecule has 2 aromatic rings. The fourth-order valence-corrected chi connectivity index (χ4v) is 2.41. The summed E-state index contributed by atoms with van der Waals surface area (Å²) in [4.78, 5) is 38.0. The van der Waals surface area contributed by atoms with Gasteiger partial charge in [-0.15, -0.1) is 0 Å². The van der Waals surface area contributed by atoms with Gasteiger partial charge in [0.1, 0.15) is 0 Å². The summed E-state index contributed by atoms with van der Waals surface area (Å²) in [6.07, 6.45) is 3.12. The number of aromatic nitrogens is 2. The Morgan fingerprint density at radius 2 is 2.00 bits per heavy atom. The molecule has 6 heteroatoms. The van der Waals surface area contributed by atoms with E-state index in [-0.39, 0.29) is 5.91 Å². The number of nitrogens with zero attached hydrogens (tertiary/aromatic N) is 1. The Balaban J connectivity index is 2.31. The minimum absolute atomic E-state index is 0.173. The lowest BCUT2D eigenvalue weighted by Crippen LogP contribution is -2.36. The van der Waals surface area contributed by atoms with Crippen molar-refractivity contribution in [2.24, 2.45) is 0 Å². The maximum atomic E-state index is 12.1. The lowest BCUT2D eigenvalue weighted by Gasteiger charge is -2.09. The zero-order chi connectivity index (χ0) is 16.1. The maximum Gasteiger partial charge on any atom is 0.316 e. The van der Waals surface area contributed by atoms with Crippen molar-refractivity contribution in [1.29, 1.82) is 0 Å². The Labute approximate surface area is 128 Å². The predicted molar refractivity (Wildman–Crippen MR) is 86.4 cm³/mol. The lowest BCUT2D eigenvalue weighted by atomic mass is 10.1. The highest BCUT2D eigenvalue weighted by Gasteiger charge is 2.10. The summed E-state index contributed by atoms with van der Waals surface area (Å²) in [5.41, 5.74) is 0.338. The summed E-state index contributed by atoms with van der Waals surface area (Å²) in [5.74, 6) is -0.173. The number of hydrogen-bond donors (Lipinski definition) is 2. The van der Waals surface area contributed by atoms with E-state index in [4.69, 9.17) is 0 Å². The molecule has 1 aromatic carbocycles. The number of carbonyl (C=O) groups excluding carboxylic acids is 1. The molecule has 2 rings (SSSR count). The Kier molecular flexibility index (Phi) is 5.14. The van der Waals surface area contributed by atoms with Crippen LogP contribution in [0.5, 0.6) is 0 Å². The van der Waals surface area contributed by atoms with Crippen LogP contribution >= 0.6 is 0 Å². The van der Waals surface area contributed by atoms with E-state index in [9.17, 15) is 14.4 Å². The van der Waals surface area contributed by atoms with Gasteiger partial charge >= 0.3 is 11.1 Å². The van der Waals surface area contributed by atoms with E-state index in [0.717, 1.165) is 19.3 Å². The average molecular weight is 303 g/mol. The molecule has 22 heavy (non-hydrogen) atoms. The van der Waals surface area contributed by atoms with Gasteiger partial charge in [-0.05, 0) is 31.5 Å². The number of amides is 1.